The maximum atomic E-state index is 11.1. The number of aromatic nitrogens is 2. The largest absolute Gasteiger partial charge is 0.460 e. The van der Waals surface area contributed by atoms with Gasteiger partial charge >= 0.3 is 5.97 Å². The first kappa shape index (κ1) is 10.9. The SMILES string of the molecule is CCOC(=O)c1noc([C@H](C)NCl)n1. The standard InChI is InChI=1S/C7H10ClN3O3/c1-3-13-7(12)5-9-6(14-11-5)4(2)10-8/h4,10H,3H2,1-2H3/t4-/m0/s1. The zero-order chi connectivity index (χ0) is 10.6. The van der Waals surface area contributed by atoms with Gasteiger partial charge in [-0.1, -0.05) is 0 Å². The van der Waals surface area contributed by atoms with Gasteiger partial charge in [-0.3, -0.25) is 0 Å². The Labute approximate surface area is 85.7 Å². The van der Waals surface area contributed by atoms with E-state index < -0.39 is 5.97 Å². The molecule has 0 bridgehead atoms. The molecule has 0 aromatic carbocycles. The molecule has 0 radical (unpaired) electrons. The molecule has 0 spiro atoms. The number of hydrogen-bond donors (Lipinski definition) is 1. The minimum Gasteiger partial charge on any atom is -0.460 e. The molecule has 0 amide bonds. The number of hydrogen-bond acceptors (Lipinski definition) is 6. The molecule has 1 aromatic heterocycles. The molecule has 78 valence electrons. The van der Waals surface area contributed by atoms with Crippen molar-refractivity contribution in [2.24, 2.45) is 0 Å². The summed E-state index contributed by atoms with van der Waals surface area (Å²) in [6, 6.07) is -0.313. The van der Waals surface area contributed by atoms with Crippen LogP contribution in [0.3, 0.4) is 0 Å². The Balaban J connectivity index is 2.72. The molecular weight excluding hydrogens is 210 g/mol. The highest BCUT2D eigenvalue weighted by molar-refractivity contribution is 6.13. The Kier molecular flexibility index (Phi) is 3.84. The summed E-state index contributed by atoms with van der Waals surface area (Å²) in [4.78, 5) is 17.3. The van der Waals surface area contributed by atoms with Crippen LogP contribution in [0, 0.1) is 0 Å². The van der Waals surface area contributed by atoms with Crippen molar-refractivity contribution in [3.8, 4) is 0 Å². The Morgan fingerprint density at radius 2 is 2.50 bits per heavy atom. The van der Waals surface area contributed by atoms with Crippen LogP contribution in [0.1, 0.15) is 36.4 Å². The van der Waals surface area contributed by atoms with Crippen LogP contribution in [-0.2, 0) is 4.74 Å². The van der Waals surface area contributed by atoms with Gasteiger partial charge in [0.05, 0.1) is 12.6 Å². The quantitative estimate of drug-likeness (QED) is 0.603. The summed E-state index contributed by atoms with van der Waals surface area (Å²) in [5.74, 6) is -0.465. The van der Waals surface area contributed by atoms with Crippen molar-refractivity contribution in [2.45, 2.75) is 19.9 Å². The molecule has 1 N–H and O–H groups in total. The van der Waals surface area contributed by atoms with Crippen molar-refractivity contribution >= 4 is 17.7 Å². The van der Waals surface area contributed by atoms with E-state index in [0.717, 1.165) is 0 Å². The lowest BCUT2D eigenvalue weighted by Gasteiger charge is -1.99. The van der Waals surface area contributed by atoms with E-state index in [0.29, 0.717) is 0 Å². The van der Waals surface area contributed by atoms with Crippen molar-refractivity contribution in [3.63, 3.8) is 0 Å². The number of carbonyl (C=O) groups excluding carboxylic acids is 1. The molecule has 1 aromatic rings. The van der Waals surface area contributed by atoms with Crippen LogP contribution in [0.4, 0.5) is 0 Å². The van der Waals surface area contributed by atoms with Crippen LogP contribution in [0.25, 0.3) is 0 Å². The third-order valence-corrected chi connectivity index (χ3v) is 1.76. The van der Waals surface area contributed by atoms with Gasteiger partial charge in [-0.25, -0.2) is 9.63 Å². The van der Waals surface area contributed by atoms with E-state index in [9.17, 15) is 4.79 Å². The molecule has 1 atom stereocenters. The summed E-state index contributed by atoms with van der Waals surface area (Å²) in [6.07, 6.45) is 0. The van der Waals surface area contributed by atoms with Crippen molar-refractivity contribution in [3.05, 3.63) is 11.7 Å². The van der Waals surface area contributed by atoms with Gasteiger partial charge in [0.25, 0.3) is 5.82 Å². The summed E-state index contributed by atoms with van der Waals surface area (Å²) < 4.78 is 9.45. The molecule has 0 saturated heterocycles. The van der Waals surface area contributed by atoms with Gasteiger partial charge in [0, 0.05) is 0 Å². The lowest BCUT2D eigenvalue weighted by atomic mass is 10.4. The smallest absolute Gasteiger partial charge is 0.379 e. The van der Waals surface area contributed by atoms with Gasteiger partial charge in [0.2, 0.25) is 5.89 Å². The highest BCUT2D eigenvalue weighted by atomic mass is 35.5. The molecule has 7 heteroatoms. The molecule has 0 saturated carbocycles. The van der Waals surface area contributed by atoms with Crippen LogP contribution in [-0.4, -0.2) is 22.7 Å². The number of rotatable bonds is 4. The fourth-order valence-corrected chi connectivity index (χ4v) is 0.830. The van der Waals surface area contributed by atoms with E-state index in [-0.39, 0.29) is 24.4 Å². The Morgan fingerprint density at radius 3 is 3.07 bits per heavy atom. The number of ether oxygens (including phenoxy) is 1. The Bertz CT molecular complexity index is 315. The van der Waals surface area contributed by atoms with Crippen LogP contribution in [0.2, 0.25) is 0 Å². The fraction of sp³-hybridized carbons (Fsp3) is 0.571. The monoisotopic (exact) mass is 219 g/mol. The predicted molar refractivity (Wildman–Crippen MR) is 47.7 cm³/mol. The van der Waals surface area contributed by atoms with Gasteiger partial charge in [-0.05, 0) is 30.8 Å². The third-order valence-electron chi connectivity index (χ3n) is 1.43. The van der Waals surface area contributed by atoms with Crippen molar-refractivity contribution in [1.82, 2.24) is 15.0 Å². The summed E-state index contributed by atoms with van der Waals surface area (Å²) >= 11 is 5.34. The zero-order valence-electron chi connectivity index (χ0n) is 7.78. The molecule has 6 nitrogen and oxygen atoms in total. The number of carbonyl (C=O) groups is 1. The maximum Gasteiger partial charge on any atom is 0.379 e. The maximum absolute atomic E-state index is 11.1. The lowest BCUT2D eigenvalue weighted by Crippen LogP contribution is -2.09. The fourth-order valence-electron chi connectivity index (χ4n) is 0.736. The first-order chi connectivity index (χ1) is 6.69. The molecule has 0 fully saturated rings. The number of nitrogens with zero attached hydrogens (tertiary/aromatic N) is 2. The summed E-state index contributed by atoms with van der Waals surface area (Å²) in [6.45, 7) is 3.68. The third kappa shape index (κ3) is 2.43. The van der Waals surface area contributed by atoms with Gasteiger partial charge < -0.3 is 9.26 Å². The summed E-state index contributed by atoms with van der Waals surface area (Å²) in [5, 5.41) is 3.44. The number of halogens is 1. The topological polar surface area (TPSA) is 77.2 Å². The average Bonchev–Trinajstić information content (AvgIpc) is 2.66. The van der Waals surface area contributed by atoms with E-state index in [2.05, 4.69) is 19.7 Å². The average molecular weight is 220 g/mol. The Hall–Kier alpha value is -1.14. The normalized spacial score (nSPS) is 12.5. The molecular formula is C7H10ClN3O3. The van der Waals surface area contributed by atoms with E-state index in [1.54, 1.807) is 13.8 Å². The first-order valence-corrected chi connectivity index (χ1v) is 4.43. The molecule has 0 unspecified atom stereocenters. The zero-order valence-corrected chi connectivity index (χ0v) is 8.54. The molecule has 1 heterocycles. The van der Waals surface area contributed by atoms with Gasteiger partial charge in [0.15, 0.2) is 0 Å². The van der Waals surface area contributed by atoms with E-state index in [4.69, 9.17) is 16.3 Å². The second-order valence-electron chi connectivity index (χ2n) is 2.51. The first-order valence-electron chi connectivity index (χ1n) is 4.06. The molecule has 14 heavy (non-hydrogen) atoms. The van der Waals surface area contributed by atoms with Crippen molar-refractivity contribution < 1.29 is 14.1 Å². The van der Waals surface area contributed by atoms with Crippen LogP contribution in [0.5, 0.6) is 0 Å². The van der Waals surface area contributed by atoms with Crippen LogP contribution >= 0.6 is 11.8 Å². The summed E-state index contributed by atoms with van der Waals surface area (Å²) in [7, 11) is 0. The minimum atomic E-state index is -0.607. The van der Waals surface area contributed by atoms with Crippen molar-refractivity contribution in [1.29, 1.82) is 0 Å². The second kappa shape index (κ2) is 4.92. The Morgan fingerprint density at radius 1 is 1.79 bits per heavy atom. The number of nitrogens with one attached hydrogen (secondary N) is 1. The van der Waals surface area contributed by atoms with Gasteiger partial charge in [-0.15, -0.1) is 0 Å². The lowest BCUT2D eigenvalue weighted by molar-refractivity contribution is 0.0508. The summed E-state index contributed by atoms with van der Waals surface area (Å²) in [5.41, 5.74) is 0. The highest BCUT2D eigenvalue weighted by Crippen LogP contribution is 2.10. The van der Waals surface area contributed by atoms with Crippen LogP contribution in [0.15, 0.2) is 4.52 Å². The van der Waals surface area contributed by atoms with Crippen molar-refractivity contribution in [2.75, 3.05) is 6.61 Å². The van der Waals surface area contributed by atoms with E-state index in [1.165, 1.54) is 0 Å². The molecule has 0 aliphatic heterocycles. The molecule has 0 aliphatic rings. The van der Waals surface area contributed by atoms with E-state index >= 15 is 0 Å². The number of esters is 1. The second-order valence-corrected chi connectivity index (χ2v) is 2.73. The molecule has 0 aliphatic carbocycles. The molecule has 1 rings (SSSR count). The predicted octanol–water partition coefficient (Wildman–Crippen LogP) is 1.05. The highest BCUT2D eigenvalue weighted by Gasteiger charge is 2.18. The van der Waals surface area contributed by atoms with Crippen LogP contribution < -0.4 is 4.84 Å². The minimum absolute atomic E-state index is 0.0967. The van der Waals surface area contributed by atoms with Gasteiger partial charge in [-0.2, -0.15) is 4.98 Å². The van der Waals surface area contributed by atoms with Gasteiger partial charge in [0.1, 0.15) is 0 Å². The van der Waals surface area contributed by atoms with E-state index in [1.807, 2.05) is 0 Å².